The summed E-state index contributed by atoms with van der Waals surface area (Å²) in [6, 6.07) is 8.32. The van der Waals surface area contributed by atoms with Crippen LogP contribution in [0.1, 0.15) is 32.5 Å². The lowest BCUT2D eigenvalue weighted by molar-refractivity contribution is 0.893. The van der Waals surface area contributed by atoms with Crippen molar-refractivity contribution in [2.75, 3.05) is 7.05 Å². The lowest BCUT2D eigenvalue weighted by Gasteiger charge is -2.11. The summed E-state index contributed by atoms with van der Waals surface area (Å²) >= 11 is 0. The molecule has 0 aliphatic heterocycles. The molecule has 0 amide bonds. The highest BCUT2D eigenvalue weighted by atomic mass is 15.1. The van der Waals surface area contributed by atoms with Crippen LogP contribution in [0.25, 0.3) is 16.7 Å². The average Bonchev–Trinajstić information content (AvgIpc) is 2.82. The molecule has 100 valence electrons. The first-order chi connectivity index (χ1) is 9.31. The van der Waals surface area contributed by atoms with Crippen molar-refractivity contribution in [3.05, 3.63) is 36.2 Å². The molecular weight excluding hydrogens is 234 g/mol. The van der Waals surface area contributed by atoms with E-state index in [1.807, 2.05) is 19.3 Å². The van der Waals surface area contributed by atoms with Gasteiger partial charge < -0.3 is 9.56 Å². The second-order valence-electron chi connectivity index (χ2n) is 4.43. The number of aryl methyl sites for hydroxylation is 1. The number of imidazole rings is 1. The van der Waals surface area contributed by atoms with Crippen molar-refractivity contribution in [3.63, 3.8) is 0 Å². The molecule has 0 spiro atoms. The maximum Gasteiger partial charge on any atom is 0.113 e. The van der Waals surface area contributed by atoms with E-state index in [-0.39, 0.29) is 0 Å². The summed E-state index contributed by atoms with van der Waals surface area (Å²) in [6.45, 7) is 4.33. The number of para-hydroxylation sites is 2. The number of fused-ring (bicyclic) bond motifs is 1. The van der Waals surface area contributed by atoms with Crippen LogP contribution < -0.4 is 0 Å². The highest BCUT2D eigenvalue weighted by Gasteiger charge is 2.10. The van der Waals surface area contributed by atoms with Gasteiger partial charge >= 0.3 is 0 Å². The average molecular weight is 255 g/mol. The van der Waals surface area contributed by atoms with E-state index in [0.29, 0.717) is 0 Å². The fourth-order valence-electron chi connectivity index (χ4n) is 2.32. The van der Waals surface area contributed by atoms with E-state index in [2.05, 4.69) is 47.7 Å². The molecule has 0 saturated heterocycles. The van der Waals surface area contributed by atoms with Crippen molar-refractivity contribution in [1.29, 1.82) is 0 Å². The Hall–Kier alpha value is -1.90. The molecule has 1 aromatic carbocycles. The number of hydrogen-bond acceptors (Lipinski definition) is 2. The summed E-state index contributed by atoms with van der Waals surface area (Å²) < 4.78 is 2.29. The van der Waals surface area contributed by atoms with Crippen molar-refractivity contribution < 1.29 is 0 Å². The van der Waals surface area contributed by atoms with Gasteiger partial charge in [-0.3, -0.25) is 0 Å². The van der Waals surface area contributed by atoms with Crippen LogP contribution in [-0.4, -0.2) is 22.8 Å². The minimum absolute atomic E-state index is 0.870. The number of nitrogens with zero attached hydrogens (tertiary/aromatic N) is 3. The van der Waals surface area contributed by atoms with Gasteiger partial charge in [0.15, 0.2) is 0 Å². The van der Waals surface area contributed by atoms with Crippen LogP contribution in [0.2, 0.25) is 0 Å². The van der Waals surface area contributed by atoms with Gasteiger partial charge in [0.1, 0.15) is 5.82 Å². The fraction of sp³-hybridized carbons (Fsp3) is 0.375. The molecule has 2 rings (SSSR count). The predicted octanol–water partition coefficient (Wildman–Crippen LogP) is 3.94. The molecule has 0 N–H and O–H groups in total. The molecule has 1 heterocycles. The van der Waals surface area contributed by atoms with Gasteiger partial charge in [-0.2, -0.15) is 0 Å². The maximum atomic E-state index is 4.72. The minimum Gasteiger partial charge on any atom is -0.301 e. The maximum absolute atomic E-state index is 4.72. The van der Waals surface area contributed by atoms with Crippen LogP contribution in [0.3, 0.4) is 0 Å². The lowest BCUT2D eigenvalue weighted by Crippen LogP contribution is -2.02. The third kappa shape index (κ3) is 2.75. The van der Waals surface area contributed by atoms with Crippen molar-refractivity contribution in [1.82, 2.24) is 9.55 Å². The topological polar surface area (TPSA) is 30.2 Å². The third-order valence-electron chi connectivity index (χ3n) is 3.24. The molecule has 0 atom stereocenters. The number of aromatic nitrogens is 2. The van der Waals surface area contributed by atoms with Crippen LogP contribution in [0, 0.1) is 0 Å². The monoisotopic (exact) mass is 255 g/mol. The van der Waals surface area contributed by atoms with Gasteiger partial charge in [-0.25, -0.2) is 4.98 Å². The van der Waals surface area contributed by atoms with E-state index >= 15 is 0 Å². The number of aliphatic imine (C=N–C) groups is 1. The Bertz CT molecular complexity index is 605. The van der Waals surface area contributed by atoms with Crippen molar-refractivity contribution >= 4 is 22.9 Å². The van der Waals surface area contributed by atoms with Crippen molar-refractivity contribution in [3.8, 4) is 0 Å². The Balaban J connectivity index is 2.54. The Labute approximate surface area is 114 Å². The fourth-order valence-corrected chi connectivity index (χ4v) is 2.32. The van der Waals surface area contributed by atoms with Gasteiger partial charge in [0.05, 0.1) is 11.0 Å². The van der Waals surface area contributed by atoms with Gasteiger partial charge in [-0.05, 0) is 18.6 Å². The predicted molar refractivity (Wildman–Crippen MR) is 82.7 cm³/mol. The quantitative estimate of drug-likeness (QED) is 0.744. The zero-order valence-electron chi connectivity index (χ0n) is 11.9. The summed E-state index contributed by atoms with van der Waals surface area (Å²) in [5.74, 6) is 1.13. The second-order valence-corrected chi connectivity index (χ2v) is 4.43. The highest BCUT2D eigenvalue weighted by Crippen LogP contribution is 2.23. The number of hydrogen-bond donors (Lipinski definition) is 0. The van der Waals surface area contributed by atoms with Crippen molar-refractivity contribution in [2.24, 2.45) is 4.99 Å². The molecule has 0 radical (unpaired) electrons. The second kappa shape index (κ2) is 6.32. The highest BCUT2D eigenvalue weighted by molar-refractivity contribution is 5.80. The standard InChI is InChI=1S/C16H21N3/c1-4-13(9-8-12-17-3)19-15-11-7-6-10-14(15)18-16(19)5-2/h6-7,9-12H,4-5,8H2,1-3H3/b13-9+,17-12?. The molecule has 0 bridgehead atoms. The van der Waals surface area contributed by atoms with Gasteiger partial charge in [0, 0.05) is 31.8 Å². The largest absolute Gasteiger partial charge is 0.301 e. The van der Waals surface area contributed by atoms with Crippen LogP contribution in [0.4, 0.5) is 0 Å². The van der Waals surface area contributed by atoms with E-state index in [1.165, 1.54) is 11.2 Å². The van der Waals surface area contributed by atoms with E-state index in [4.69, 9.17) is 4.98 Å². The van der Waals surface area contributed by atoms with Gasteiger partial charge in [-0.1, -0.05) is 32.1 Å². The SMILES string of the molecule is CC/C(=C\CC=NC)n1c(CC)nc2ccccc21. The Morgan fingerprint density at radius 2 is 2.11 bits per heavy atom. The lowest BCUT2D eigenvalue weighted by atomic mass is 10.2. The number of allylic oxidation sites excluding steroid dienone is 2. The molecule has 3 heteroatoms. The molecule has 0 fully saturated rings. The molecule has 0 unspecified atom stereocenters. The summed E-state index contributed by atoms with van der Waals surface area (Å²) in [7, 11) is 1.81. The molecule has 0 aliphatic rings. The number of benzene rings is 1. The Kier molecular flexibility index (Phi) is 4.50. The van der Waals surface area contributed by atoms with Gasteiger partial charge in [0.2, 0.25) is 0 Å². The van der Waals surface area contributed by atoms with Crippen LogP contribution >= 0.6 is 0 Å². The molecule has 3 nitrogen and oxygen atoms in total. The van der Waals surface area contributed by atoms with Gasteiger partial charge in [0.25, 0.3) is 0 Å². The smallest absolute Gasteiger partial charge is 0.113 e. The zero-order chi connectivity index (χ0) is 13.7. The molecule has 0 saturated carbocycles. The Morgan fingerprint density at radius 1 is 1.32 bits per heavy atom. The molecule has 0 aliphatic carbocycles. The van der Waals surface area contributed by atoms with Crippen LogP contribution in [0.5, 0.6) is 0 Å². The summed E-state index contributed by atoms with van der Waals surface area (Å²) in [5, 5.41) is 0. The van der Waals surface area contributed by atoms with Crippen molar-refractivity contribution in [2.45, 2.75) is 33.1 Å². The summed E-state index contributed by atoms with van der Waals surface area (Å²) in [6.07, 6.45) is 6.97. The number of rotatable bonds is 5. The first-order valence-electron chi connectivity index (χ1n) is 6.88. The van der Waals surface area contributed by atoms with Gasteiger partial charge in [-0.15, -0.1) is 0 Å². The minimum atomic E-state index is 0.870. The van der Waals surface area contributed by atoms with E-state index in [9.17, 15) is 0 Å². The Morgan fingerprint density at radius 3 is 2.79 bits per heavy atom. The molecule has 19 heavy (non-hydrogen) atoms. The van der Waals surface area contributed by atoms with Crippen LogP contribution in [-0.2, 0) is 6.42 Å². The summed E-state index contributed by atoms with van der Waals surface area (Å²) in [5.41, 5.74) is 3.56. The first-order valence-corrected chi connectivity index (χ1v) is 6.88. The molecule has 1 aromatic heterocycles. The molecular formula is C16H21N3. The van der Waals surface area contributed by atoms with E-state index in [1.54, 1.807) is 0 Å². The zero-order valence-corrected chi connectivity index (χ0v) is 11.9. The summed E-state index contributed by atoms with van der Waals surface area (Å²) in [4.78, 5) is 8.75. The first kappa shape index (κ1) is 13.5. The van der Waals surface area contributed by atoms with E-state index < -0.39 is 0 Å². The van der Waals surface area contributed by atoms with E-state index in [0.717, 1.165) is 30.6 Å². The molecule has 2 aromatic rings. The van der Waals surface area contributed by atoms with Crippen LogP contribution in [0.15, 0.2) is 35.3 Å². The normalized spacial score (nSPS) is 12.7. The third-order valence-corrected chi connectivity index (χ3v) is 3.24.